The Bertz CT molecular complexity index is 243. The fourth-order valence-corrected chi connectivity index (χ4v) is 1.18. The summed E-state index contributed by atoms with van der Waals surface area (Å²) in [7, 11) is 0. The van der Waals surface area contributed by atoms with E-state index in [1.54, 1.807) is 0 Å². The number of rotatable bonds is 2. The molecule has 0 amide bonds. The second-order valence-corrected chi connectivity index (χ2v) is 2.77. The molecule has 0 saturated heterocycles. The van der Waals surface area contributed by atoms with Gasteiger partial charge in [-0.1, -0.05) is 29.8 Å². The molecule has 1 aromatic rings. The average molecular weight is 244 g/mol. The molecule has 0 aliphatic carbocycles. The van der Waals surface area contributed by atoms with E-state index < -0.39 is 0 Å². The first-order valence-electron chi connectivity index (χ1n) is 3.45. The van der Waals surface area contributed by atoms with Crippen molar-refractivity contribution in [2.45, 2.75) is 6.04 Å². The fraction of sp³-hybridized carbons (Fsp3) is 0.250. The molecule has 2 nitrogen and oxygen atoms in total. The average Bonchev–Trinajstić information content (AvgIpc) is 2.04. The third-order valence-electron chi connectivity index (χ3n) is 1.56. The molecule has 1 rings (SSSR count). The molecule has 1 aromatic carbocycles. The Labute approximate surface area is 95.5 Å². The summed E-state index contributed by atoms with van der Waals surface area (Å²) in [6.45, 7) is 0.420. The molecule has 0 bridgehead atoms. The van der Waals surface area contributed by atoms with Crippen LogP contribution >= 0.6 is 36.4 Å². The van der Waals surface area contributed by atoms with Gasteiger partial charge in [-0.15, -0.1) is 24.8 Å². The van der Waals surface area contributed by atoms with Gasteiger partial charge in [0.05, 0.1) is 0 Å². The van der Waals surface area contributed by atoms with E-state index in [9.17, 15) is 0 Å². The zero-order valence-electron chi connectivity index (χ0n) is 6.94. The second-order valence-electron chi connectivity index (χ2n) is 2.36. The summed E-state index contributed by atoms with van der Waals surface area (Å²) < 4.78 is 0. The Morgan fingerprint density at radius 3 is 2.23 bits per heavy atom. The van der Waals surface area contributed by atoms with Crippen LogP contribution in [0.4, 0.5) is 0 Å². The molecule has 0 aromatic heterocycles. The van der Waals surface area contributed by atoms with Crippen LogP contribution in [0.1, 0.15) is 11.6 Å². The Hall–Kier alpha value is 0.01000. The van der Waals surface area contributed by atoms with Crippen LogP contribution in [0.25, 0.3) is 0 Å². The minimum atomic E-state index is -0.149. The lowest BCUT2D eigenvalue weighted by atomic mass is 10.1. The molecular formula is C8H13Cl3N2. The number of benzene rings is 1. The molecule has 0 heterocycles. The van der Waals surface area contributed by atoms with Gasteiger partial charge in [-0.05, 0) is 11.6 Å². The van der Waals surface area contributed by atoms with Crippen molar-refractivity contribution in [3.8, 4) is 0 Å². The van der Waals surface area contributed by atoms with Gasteiger partial charge in [0.25, 0.3) is 0 Å². The highest BCUT2D eigenvalue weighted by Gasteiger charge is 2.05. The highest BCUT2D eigenvalue weighted by atomic mass is 35.5. The van der Waals surface area contributed by atoms with Crippen LogP contribution in [-0.2, 0) is 0 Å². The molecule has 0 radical (unpaired) electrons. The lowest BCUT2D eigenvalue weighted by Crippen LogP contribution is -2.20. The topological polar surface area (TPSA) is 52.0 Å². The van der Waals surface area contributed by atoms with Gasteiger partial charge in [0, 0.05) is 17.6 Å². The summed E-state index contributed by atoms with van der Waals surface area (Å²) in [5.74, 6) is 0. The molecule has 13 heavy (non-hydrogen) atoms. The van der Waals surface area contributed by atoms with E-state index in [1.807, 2.05) is 24.3 Å². The van der Waals surface area contributed by atoms with E-state index >= 15 is 0 Å². The summed E-state index contributed by atoms with van der Waals surface area (Å²) in [6.07, 6.45) is 0. The number of hydrogen-bond donors (Lipinski definition) is 2. The van der Waals surface area contributed by atoms with Crippen LogP contribution in [0.5, 0.6) is 0 Å². The highest BCUT2D eigenvalue weighted by molar-refractivity contribution is 6.31. The van der Waals surface area contributed by atoms with Gasteiger partial charge in [-0.25, -0.2) is 0 Å². The van der Waals surface area contributed by atoms with Crippen molar-refractivity contribution in [1.82, 2.24) is 0 Å². The van der Waals surface area contributed by atoms with E-state index in [0.29, 0.717) is 11.6 Å². The summed E-state index contributed by atoms with van der Waals surface area (Å²) in [5, 5.41) is 0.686. The molecule has 0 saturated carbocycles. The lowest BCUT2D eigenvalue weighted by molar-refractivity contribution is 0.737. The molecule has 0 aliphatic rings. The molecule has 76 valence electrons. The molecule has 1 unspecified atom stereocenters. The van der Waals surface area contributed by atoms with E-state index in [1.165, 1.54) is 0 Å². The van der Waals surface area contributed by atoms with Gasteiger partial charge in [-0.2, -0.15) is 0 Å². The van der Waals surface area contributed by atoms with Crippen LogP contribution in [0, 0.1) is 0 Å². The first-order valence-corrected chi connectivity index (χ1v) is 3.83. The van der Waals surface area contributed by atoms with Gasteiger partial charge in [-0.3, -0.25) is 0 Å². The van der Waals surface area contributed by atoms with E-state index in [2.05, 4.69) is 0 Å². The minimum Gasteiger partial charge on any atom is -0.329 e. The van der Waals surface area contributed by atoms with E-state index in [0.717, 1.165) is 5.56 Å². The molecule has 5 heteroatoms. The SMILES string of the molecule is Cl.Cl.NCC(N)c1ccccc1Cl. The van der Waals surface area contributed by atoms with Crippen LogP contribution in [0.3, 0.4) is 0 Å². The molecular weight excluding hydrogens is 230 g/mol. The third kappa shape index (κ3) is 4.16. The first-order chi connectivity index (χ1) is 5.25. The summed E-state index contributed by atoms with van der Waals surface area (Å²) in [5.41, 5.74) is 12.0. The summed E-state index contributed by atoms with van der Waals surface area (Å²) in [6, 6.07) is 7.32. The zero-order chi connectivity index (χ0) is 8.27. The molecule has 1 atom stereocenters. The van der Waals surface area contributed by atoms with Crippen LogP contribution in [0.15, 0.2) is 24.3 Å². The normalized spacial score (nSPS) is 11.0. The van der Waals surface area contributed by atoms with Gasteiger partial charge >= 0.3 is 0 Å². The van der Waals surface area contributed by atoms with E-state index in [-0.39, 0.29) is 30.9 Å². The molecule has 0 spiro atoms. The number of nitrogens with two attached hydrogens (primary N) is 2. The lowest BCUT2D eigenvalue weighted by Gasteiger charge is -2.09. The maximum atomic E-state index is 5.86. The van der Waals surface area contributed by atoms with Crippen molar-refractivity contribution in [3.63, 3.8) is 0 Å². The smallest absolute Gasteiger partial charge is 0.0454 e. The Kier molecular flexibility index (Phi) is 8.83. The Morgan fingerprint density at radius 1 is 1.23 bits per heavy atom. The largest absolute Gasteiger partial charge is 0.329 e. The Balaban J connectivity index is 0. The van der Waals surface area contributed by atoms with Gasteiger partial charge < -0.3 is 11.5 Å². The zero-order valence-corrected chi connectivity index (χ0v) is 9.33. The number of halogens is 3. The van der Waals surface area contributed by atoms with Crippen LogP contribution in [-0.4, -0.2) is 6.54 Å². The van der Waals surface area contributed by atoms with Crippen LogP contribution in [0.2, 0.25) is 5.02 Å². The molecule has 4 N–H and O–H groups in total. The van der Waals surface area contributed by atoms with Gasteiger partial charge in [0.1, 0.15) is 0 Å². The van der Waals surface area contributed by atoms with Gasteiger partial charge in [0.2, 0.25) is 0 Å². The maximum Gasteiger partial charge on any atom is 0.0454 e. The summed E-state index contributed by atoms with van der Waals surface area (Å²) in [4.78, 5) is 0. The van der Waals surface area contributed by atoms with E-state index in [4.69, 9.17) is 23.1 Å². The van der Waals surface area contributed by atoms with Crippen molar-refractivity contribution in [2.75, 3.05) is 6.54 Å². The Morgan fingerprint density at radius 2 is 1.77 bits per heavy atom. The van der Waals surface area contributed by atoms with Crippen molar-refractivity contribution in [1.29, 1.82) is 0 Å². The predicted octanol–water partition coefficient (Wildman–Crippen LogP) is 2.14. The predicted molar refractivity (Wildman–Crippen MR) is 61.9 cm³/mol. The second kappa shape index (κ2) is 7.42. The molecule has 0 aliphatic heterocycles. The monoisotopic (exact) mass is 242 g/mol. The van der Waals surface area contributed by atoms with Crippen molar-refractivity contribution in [3.05, 3.63) is 34.9 Å². The maximum absolute atomic E-state index is 5.86. The summed E-state index contributed by atoms with van der Waals surface area (Å²) >= 11 is 5.86. The fourth-order valence-electron chi connectivity index (χ4n) is 0.903. The quantitative estimate of drug-likeness (QED) is 0.836. The highest BCUT2D eigenvalue weighted by Crippen LogP contribution is 2.19. The third-order valence-corrected chi connectivity index (χ3v) is 1.90. The van der Waals surface area contributed by atoms with Crippen molar-refractivity contribution < 1.29 is 0 Å². The standard InChI is InChI=1S/C8H11ClN2.2ClH/c9-7-4-2-1-3-6(7)8(11)5-10;;/h1-4,8H,5,10-11H2;2*1H. The molecule has 0 fully saturated rings. The van der Waals surface area contributed by atoms with Gasteiger partial charge in [0.15, 0.2) is 0 Å². The number of hydrogen-bond acceptors (Lipinski definition) is 2. The van der Waals surface area contributed by atoms with Crippen LogP contribution < -0.4 is 11.5 Å². The first kappa shape index (κ1) is 15.5. The van der Waals surface area contributed by atoms with Crippen molar-refractivity contribution in [2.24, 2.45) is 11.5 Å². The van der Waals surface area contributed by atoms with Crippen molar-refractivity contribution >= 4 is 36.4 Å². The minimum absolute atomic E-state index is 0.